The summed E-state index contributed by atoms with van der Waals surface area (Å²) in [4.78, 5) is 12.0. The Morgan fingerprint density at radius 3 is 2.50 bits per heavy atom. The third-order valence-corrected chi connectivity index (χ3v) is 4.56. The van der Waals surface area contributed by atoms with Crippen LogP contribution < -0.4 is 5.32 Å². The van der Waals surface area contributed by atoms with E-state index in [-0.39, 0.29) is 0 Å². The smallest absolute Gasteiger partial charge is 0.325 e. The highest BCUT2D eigenvalue weighted by atomic mass is 32.2. The van der Waals surface area contributed by atoms with E-state index in [0.29, 0.717) is 0 Å². The van der Waals surface area contributed by atoms with Crippen LogP contribution in [0, 0.1) is 0 Å². The zero-order valence-electron chi connectivity index (χ0n) is 10.6. The molecule has 0 spiro atoms. The number of rotatable bonds is 5. The number of nitrogens with one attached hydrogen (secondary N) is 1. The Morgan fingerprint density at radius 1 is 1.33 bits per heavy atom. The monoisotopic (exact) mass is 265 g/mol. The molecular weight excluding hydrogens is 246 g/mol. The molecule has 0 aromatic heterocycles. The number of carbonyl (C=O) groups is 1. The molecule has 2 N–H and O–H groups in total. The van der Waals surface area contributed by atoms with E-state index in [1.165, 1.54) is 30.6 Å². The van der Waals surface area contributed by atoms with Gasteiger partial charge in [0.2, 0.25) is 0 Å². The summed E-state index contributed by atoms with van der Waals surface area (Å²) >= 11 is 1.94. The number of anilines is 1. The van der Waals surface area contributed by atoms with Gasteiger partial charge in [0.05, 0.1) is 0 Å². The van der Waals surface area contributed by atoms with Crippen molar-refractivity contribution >= 4 is 23.4 Å². The van der Waals surface area contributed by atoms with Crippen LogP contribution in [0.2, 0.25) is 0 Å². The van der Waals surface area contributed by atoms with Crippen molar-refractivity contribution in [3.05, 3.63) is 24.3 Å². The molecule has 18 heavy (non-hydrogen) atoms. The van der Waals surface area contributed by atoms with Crippen molar-refractivity contribution in [1.82, 2.24) is 0 Å². The topological polar surface area (TPSA) is 49.3 Å². The Hall–Kier alpha value is -1.16. The molecule has 0 radical (unpaired) electrons. The molecular formula is C14H19NO2S. The number of carboxylic acids is 1. The lowest BCUT2D eigenvalue weighted by Gasteiger charge is -2.12. The van der Waals surface area contributed by atoms with E-state index in [4.69, 9.17) is 5.11 Å². The van der Waals surface area contributed by atoms with Gasteiger partial charge in [0, 0.05) is 15.8 Å². The van der Waals surface area contributed by atoms with Crippen LogP contribution >= 0.6 is 11.8 Å². The Labute approximate surface area is 112 Å². The normalized spacial score (nSPS) is 17.6. The quantitative estimate of drug-likeness (QED) is 0.854. The fourth-order valence-corrected chi connectivity index (χ4v) is 3.39. The van der Waals surface area contributed by atoms with E-state index in [9.17, 15) is 4.79 Å². The van der Waals surface area contributed by atoms with E-state index >= 15 is 0 Å². The SMILES string of the molecule is CC(Nc1ccc(SC2CCCC2)cc1)C(=O)O. The average Bonchev–Trinajstić information content (AvgIpc) is 2.84. The summed E-state index contributed by atoms with van der Waals surface area (Å²) < 4.78 is 0. The number of thioether (sulfide) groups is 1. The maximum absolute atomic E-state index is 10.7. The third kappa shape index (κ3) is 3.67. The van der Waals surface area contributed by atoms with Crippen LogP contribution in [-0.4, -0.2) is 22.4 Å². The molecule has 0 aliphatic heterocycles. The van der Waals surface area contributed by atoms with Gasteiger partial charge in [-0.15, -0.1) is 11.8 Å². The van der Waals surface area contributed by atoms with Crippen molar-refractivity contribution in [3.63, 3.8) is 0 Å². The molecule has 0 heterocycles. The van der Waals surface area contributed by atoms with Crippen LogP contribution in [0.25, 0.3) is 0 Å². The highest BCUT2D eigenvalue weighted by Crippen LogP contribution is 2.34. The molecule has 1 aromatic rings. The molecule has 2 rings (SSSR count). The van der Waals surface area contributed by atoms with Crippen LogP contribution in [0.5, 0.6) is 0 Å². The van der Waals surface area contributed by atoms with Gasteiger partial charge in [-0.3, -0.25) is 4.79 Å². The van der Waals surface area contributed by atoms with Crippen molar-refractivity contribution in [2.24, 2.45) is 0 Å². The minimum Gasteiger partial charge on any atom is -0.480 e. The maximum atomic E-state index is 10.7. The minimum absolute atomic E-state index is 0.557. The first-order valence-electron chi connectivity index (χ1n) is 6.41. The molecule has 3 nitrogen and oxygen atoms in total. The molecule has 1 aliphatic rings. The second kappa shape index (κ2) is 6.14. The second-order valence-electron chi connectivity index (χ2n) is 4.75. The van der Waals surface area contributed by atoms with Crippen molar-refractivity contribution in [2.75, 3.05) is 5.32 Å². The lowest BCUT2D eigenvalue weighted by molar-refractivity contribution is -0.137. The largest absolute Gasteiger partial charge is 0.480 e. The fraction of sp³-hybridized carbons (Fsp3) is 0.500. The van der Waals surface area contributed by atoms with Gasteiger partial charge in [-0.2, -0.15) is 0 Å². The van der Waals surface area contributed by atoms with Crippen LogP contribution in [0.1, 0.15) is 32.6 Å². The average molecular weight is 265 g/mol. The first-order chi connectivity index (χ1) is 8.65. The van der Waals surface area contributed by atoms with Crippen LogP contribution in [0.4, 0.5) is 5.69 Å². The van der Waals surface area contributed by atoms with Gasteiger partial charge in [-0.05, 0) is 44.0 Å². The molecule has 0 amide bonds. The van der Waals surface area contributed by atoms with Crippen molar-refractivity contribution < 1.29 is 9.90 Å². The molecule has 98 valence electrons. The molecule has 1 aliphatic carbocycles. The summed E-state index contributed by atoms with van der Waals surface area (Å²) in [5, 5.41) is 12.5. The number of benzene rings is 1. The molecule has 0 bridgehead atoms. The summed E-state index contributed by atoms with van der Waals surface area (Å²) in [6.07, 6.45) is 5.35. The van der Waals surface area contributed by atoms with Crippen LogP contribution in [0.15, 0.2) is 29.2 Å². The van der Waals surface area contributed by atoms with Gasteiger partial charge >= 0.3 is 5.97 Å². The van der Waals surface area contributed by atoms with Gasteiger partial charge in [0.15, 0.2) is 0 Å². The summed E-state index contributed by atoms with van der Waals surface area (Å²) in [6, 6.07) is 7.49. The number of aliphatic carboxylic acids is 1. The van der Waals surface area contributed by atoms with Crippen molar-refractivity contribution in [2.45, 2.75) is 48.8 Å². The lowest BCUT2D eigenvalue weighted by Crippen LogP contribution is -2.25. The molecule has 1 unspecified atom stereocenters. The molecule has 1 aromatic carbocycles. The van der Waals surface area contributed by atoms with Gasteiger partial charge in [-0.1, -0.05) is 12.8 Å². The van der Waals surface area contributed by atoms with E-state index < -0.39 is 12.0 Å². The molecule has 1 saturated carbocycles. The zero-order chi connectivity index (χ0) is 13.0. The van der Waals surface area contributed by atoms with Gasteiger partial charge in [0.25, 0.3) is 0 Å². The van der Waals surface area contributed by atoms with E-state index in [1.54, 1.807) is 6.92 Å². The Bertz CT molecular complexity index is 399. The number of hydrogen-bond acceptors (Lipinski definition) is 3. The van der Waals surface area contributed by atoms with Crippen LogP contribution in [0.3, 0.4) is 0 Å². The highest BCUT2D eigenvalue weighted by molar-refractivity contribution is 8.00. The number of hydrogen-bond donors (Lipinski definition) is 2. The van der Waals surface area contributed by atoms with Crippen molar-refractivity contribution in [1.29, 1.82) is 0 Å². The predicted molar refractivity (Wildman–Crippen MR) is 75.3 cm³/mol. The predicted octanol–water partition coefficient (Wildman–Crippen LogP) is 3.61. The first-order valence-corrected chi connectivity index (χ1v) is 7.29. The lowest BCUT2D eigenvalue weighted by atomic mass is 10.2. The zero-order valence-corrected chi connectivity index (χ0v) is 11.4. The maximum Gasteiger partial charge on any atom is 0.325 e. The highest BCUT2D eigenvalue weighted by Gasteiger charge is 2.16. The molecule has 4 heteroatoms. The summed E-state index contributed by atoms with van der Waals surface area (Å²) in [5.74, 6) is -0.834. The van der Waals surface area contributed by atoms with Gasteiger partial charge in [-0.25, -0.2) is 0 Å². The standard InChI is InChI=1S/C14H19NO2S/c1-10(14(16)17)15-11-6-8-13(9-7-11)18-12-4-2-3-5-12/h6-10,12,15H,2-5H2,1H3,(H,16,17). The fourth-order valence-electron chi connectivity index (χ4n) is 2.14. The second-order valence-corrected chi connectivity index (χ2v) is 6.13. The Balaban J connectivity index is 1.90. The first kappa shape index (κ1) is 13.3. The van der Waals surface area contributed by atoms with E-state index in [1.807, 2.05) is 23.9 Å². The molecule has 1 fully saturated rings. The van der Waals surface area contributed by atoms with Crippen LogP contribution in [-0.2, 0) is 4.79 Å². The third-order valence-electron chi connectivity index (χ3n) is 3.21. The Morgan fingerprint density at radius 2 is 1.94 bits per heavy atom. The Kier molecular flexibility index (Phi) is 4.53. The molecule has 0 saturated heterocycles. The molecule has 1 atom stereocenters. The van der Waals surface area contributed by atoms with Gasteiger partial charge < -0.3 is 10.4 Å². The minimum atomic E-state index is -0.834. The summed E-state index contributed by atoms with van der Waals surface area (Å²) in [5.41, 5.74) is 0.862. The van der Waals surface area contributed by atoms with Gasteiger partial charge in [0.1, 0.15) is 6.04 Å². The number of carboxylic acid groups (broad SMARTS) is 1. The summed E-state index contributed by atoms with van der Waals surface area (Å²) in [7, 11) is 0. The van der Waals surface area contributed by atoms with E-state index in [0.717, 1.165) is 10.9 Å². The summed E-state index contributed by atoms with van der Waals surface area (Å²) in [6.45, 7) is 1.64. The van der Waals surface area contributed by atoms with Crippen molar-refractivity contribution in [3.8, 4) is 0 Å². The van der Waals surface area contributed by atoms with E-state index in [2.05, 4.69) is 17.4 Å².